The number of aromatic amines is 1. The lowest BCUT2D eigenvalue weighted by Gasteiger charge is -2.09. The van der Waals surface area contributed by atoms with Crippen molar-refractivity contribution in [1.82, 2.24) is 19.7 Å². The van der Waals surface area contributed by atoms with Gasteiger partial charge in [0.1, 0.15) is 11.5 Å². The molecule has 0 aliphatic rings. The first-order chi connectivity index (χ1) is 17.1. The first kappa shape index (κ1) is 22.1. The maximum atomic E-state index is 12.9. The van der Waals surface area contributed by atoms with Crippen LogP contribution in [0.2, 0.25) is 0 Å². The van der Waals surface area contributed by atoms with Crippen molar-refractivity contribution in [2.45, 2.75) is 19.8 Å². The molecule has 0 radical (unpaired) electrons. The molecule has 5 rings (SSSR count). The van der Waals surface area contributed by atoms with E-state index in [4.69, 9.17) is 4.42 Å². The zero-order valence-electron chi connectivity index (χ0n) is 19.1. The van der Waals surface area contributed by atoms with E-state index in [-0.39, 0.29) is 23.8 Å². The van der Waals surface area contributed by atoms with Crippen molar-refractivity contribution >= 4 is 11.7 Å². The van der Waals surface area contributed by atoms with Gasteiger partial charge in [-0.2, -0.15) is 9.78 Å². The lowest BCUT2D eigenvalue weighted by molar-refractivity contribution is -0.115. The van der Waals surface area contributed by atoms with Crippen LogP contribution in [0.1, 0.15) is 18.2 Å². The fourth-order valence-electron chi connectivity index (χ4n) is 3.77. The van der Waals surface area contributed by atoms with Crippen molar-refractivity contribution in [2.75, 3.05) is 5.32 Å². The van der Waals surface area contributed by atoms with Gasteiger partial charge in [-0.1, -0.05) is 61.5 Å². The van der Waals surface area contributed by atoms with Crippen molar-refractivity contribution in [3.63, 3.8) is 0 Å². The second-order valence-electron chi connectivity index (χ2n) is 8.01. The lowest BCUT2D eigenvalue weighted by Crippen LogP contribution is -2.20. The molecule has 0 atom stereocenters. The number of carbonyl (C=O) groups is 1. The number of nitrogens with one attached hydrogen (secondary N) is 2. The summed E-state index contributed by atoms with van der Waals surface area (Å²) < 4.78 is 6.87. The summed E-state index contributed by atoms with van der Waals surface area (Å²) in [5.74, 6) is 0.900. The molecule has 0 bridgehead atoms. The molecule has 0 spiro atoms. The van der Waals surface area contributed by atoms with Gasteiger partial charge in [0.25, 0.3) is 5.56 Å². The predicted molar refractivity (Wildman–Crippen MR) is 133 cm³/mol. The van der Waals surface area contributed by atoms with Gasteiger partial charge < -0.3 is 9.73 Å². The van der Waals surface area contributed by atoms with Crippen LogP contribution in [0.3, 0.4) is 0 Å². The van der Waals surface area contributed by atoms with Crippen molar-refractivity contribution in [3.8, 4) is 28.5 Å². The zero-order valence-corrected chi connectivity index (χ0v) is 19.1. The molecule has 0 aliphatic carbocycles. The van der Waals surface area contributed by atoms with Crippen LogP contribution in [0.4, 0.5) is 5.82 Å². The van der Waals surface area contributed by atoms with Crippen LogP contribution in [0.5, 0.6) is 0 Å². The monoisotopic (exact) mass is 465 g/mol. The largest absolute Gasteiger partial charge is 0.463 e. The first-order valence-corrected chi connectivity index (χ1v) is 11.3. The number of rotatable bonds is 7. The molecule has 0 unspecified atom stereocenters. The van der Waals surface area contributed by atoms with Gasteiger partial charge in [0.05, 0.1) is 12.7 Å². The molecule has 0 fully saturated rings. The van der Waals surface area contributed by atoms with E-state index >= 15 is 0 Å². The Balaban J connectivity index is 1.40. The van der Waals surface area contributed by atoms with Gasteiger partial charge in [0.15, 0.2) is 5.76 Å². The van der Waals surface area contributed by atoms with Gasteiger partial charge in [-0.05, 0) is 35.2 Å². The van der Waals surface area contributed by atoms with E-state index in [2.05, 4.69) is 20.4 Å². The maximum absolute atomic E-state index is 12.9. The summed E-state index contributed by atoms with van der Waals surface area (Å²) in [5, 5.41) is 7.42. The molecular formula is C27H23N5O3. The maximum Gasteiger partial charge on any atom is 0.252 e. The van der Waals surface area contributed by atoms with Gasteiger partial charge in [0, 0.05) is 17.8 Å². The molecule has 174 valence electrons. The summed E-state index contributed by atoms with van der Waals surface area (Å²) in [7, 11) is 0. The third-order valence-corrected chi connectivity index (χ3v) is 5.52. The third kappa shape index (κ3) is 4.96. The smallest absolute Gasteiger partial charge is 0.252 e. The minimum absolute atomic E-state index is 0.176. The highest BCUT2D eigenvalue weighted by atomic mass is 16.3. The number of furan rings is 1. The molecule has 8 heteroatoms. The molecule has 3 aromatic heterocycles. The summed E-state index contributed by atoms with van der Waals surface area (Å²) in [6.07, 6.45) is 2.31. The zero-order chi connectivity index (χ0) is 24.2. The summed E-state index contributed by atoms with van der Waals surface area (Å²) in [6.45, 7) is 1.91. The first-order valence-electron chi connectivity index (χ1n) is 11.3. The van der Waals surface area contributed by atoms with Crippen molar-refractivity contribution in [1.29, 1.82) is 0 Å². The molecular weight excluding hydrogens is 442 g/mol. The number of carbonyl (C=O) groups excluding carboxylic acids is 1. The SMILES string of the molecule is CCc1cc(=O)[nH]c(-n2nc(-c3ccco3)cc2NC(=O)Cc2ccc(-c3ccccc3)cc2)n1. The van der Waals surface area contributed by atoms with Crippen LogP contribution in [0.25, 0.3) is 28.5 Å². The van der Waals surface area contributed by atoms with Gasteiger partial charge in [0.2, 0.25) is 11.9 Å². The number of nitrogens with zero attached hydrogens (tertiary/aromatic N) is 3. The highest BCUT2D eigenvalue weighted by Gasteiger charge is 2.17. The summed E-state index contributed by atoms with van der Waals surface area (Å²) in [6, 6.07) is 24.6. The van der Waals surface area contributed by atoms with E-state index < -0.39 is 0 Å². The second-order valence-corrected chi connectivity index (χ2v) is 8.01. The number of amides is 1. The normalized spacial score (nSPS) is 10.9. The minimum atomic E-state index is -0.294. The average molecular weight is 466 g/mol. The summed E-state index contributed by atoms with van der Waals surface area (Å²) in [5.41, 5.74) is 3.91. The standard InChI is InChI=1S/C27H23N5O3/c1-2-21-16-26(34)30-27(28-21)32-24(17-22(31-32)23-9-6-14-35-23)29-25(33)15-18-10-12-20(13-11-18)19-7-4-3-5-8-19/h3-14,16-17H,2,15H2,1H3,(H,29,33)(H,28,30,34). The molecule has 0 saturated carbocycles. The highest BCUT2D eigenvalue weighted by molar-refractivity contribution is 5.92. The number of anilines is 1. The van der Waals surface area contributed by atoms with Crippen LogP contribution in [0, 0.1) is 0 Å². The quantitative estimate of drug-likeness (QED) is 0.365. The predicted octanol–water partition coefficient (Wildman–Crippen LogP) is 4.63. The number of aryl methyl sites for hydroxylation is 1. The van der Waals surface area contributed by atoms with Crippen LogP contribution < -0.4 is 10.9 Å². The van der Waals surface area contributed by atoms with Crippen molar-refractivity contribution in [3.05, 3.63) is 107 Å². The Kier molecular flexibility index (Phi) is 6.09. The minimum Gasteiger partial charge on any atom is -0.463 e. The van der Waals surface area contributed by atoms with E-state index in [0.717, 1.165) is 16.7 Å². The van der Waals surface area contributed by atoms with Crippen LogP contribution in [0.15, 0.2) is 94.3 Å². The lowest BCUT2D eigenvalue weighted by atomic mass is 10.0. The van der Waals surface area contributed by atoms with E-state index in [1.54, 1.807) is 24.5 Å². The fraction of sp³-hybridized carbons (Fsp3) is 0.111. The Hall–Kier alpha value is -4.72. The molecule has 1 amide bonds. The topological polar surface area (TPSA) is 106 Å². The molecule has 35 heavy (non-hydrogen) atoms. The Morgan fingerprint density at radius 2 is 1.77 bits per heavy atom. The van der Waals surface area contributed by atoms with Crippen LogP contribution in [-0.4, -0.2) is 25.7 Å². The Morgan fingerprint density at radius 1 is 1.00 bits per heavy atom. The number of aromatic nitrogens is 4. The van der Waals surface area contributed by atoms with Gasteiger partial charge >= 0.3 is 0 Å². The Labute approximate surface area is 201 Å². The molecule has 8 nitrogen and oxygen atoms in total. The van der Waals surface area contributed by atoms with Crippen LogP contribution >= 0.6 is 0 Å². The van der Waals surface area contributed by atoms with Gasteiger partial charge in [-0.25, -0.2) is 4.98 Å². The number of H-pyrrole nitrogens is 1. The van der Waals surface area contributed by atoms with E-state index in [9.17, 15) is 9.59 Å². The summed E-state index contributed by atoms with van der Waals surface area (Å²) in [4.78, 5) is 32.2. The highest BCUT2D eigenvalue weighted by Crippen LogP contribution is 2.24. The Morgan fingerprint density at radius 3 is 2.49 bits per heavy atom. The van der Waals surface area contributed by atoms with Crippen LogP contribution in [-0.2, 0) is 17.6 Å². The van der Waals surface area contributed by atoms with E-state index in [0.29, 0.717) is 29.4 Å². The molecule has 2 aromatic carbocycles. The average Bonchev–Trinajstić information content (AvgIpc) is 3.55. The molecule has 0 saturated heterocycles. The molecule has 5 aromatic rings. The Bertz CT molecular complexity index is 1500. The van der Waals surface area contributed by atoms with Gasteiger partial charge in [-0.3, -0.25) is 14.6 Å². The van der Waals surface area contributed by atoms with E-state index in [1.807, 2.05) is 61.5 Å². The number of hydrogen-bond donors (Lipinski definition) is 2. The van der Waals surface area contributed by atoms with Gasteiger partial charge in [-0.15, -0.1) is 0 Å². The molecule has 3 heterocycles. The van der Waals surface area contributed by atoms with E-state index in [1.165, 1.54) is 10.7 Å². The molecule has 2 N–H and O–H groups in total. The molecule has 0 aliphatic heterocycles. The van der Waals surface area contributed by atoms with Crippen molar-refractivity contribution < 1.29 is 9.21 Å². The van der Waals surface area contributed by atoms with Crippen molar-refractivity contribution in [2.24, 2.45) is 0 Å². The summed E-state index contributed by atoms with van der Waals surface area (Å²) >= 11 is 0. The fourth-order valence-corrected chi connectivity index (χ4v) is 3.77. The third-order valence-electron chi connectivity index (χ3n) is 5.52. The number of benzene rings is 2. The second kappa shape index (κ2) is 9.64. The number of hydrogen-bond acceptors (Lipinski definition) is 5.